The number of nitrogens with zero attached hydrogens (tertiary/aromatic N) is 1. The van der Waals surface area contributed by atoms with Gasteiger partial charge in [0.05, 0.1) is 12.0 Å². The molecule has 0 saturated carbocycles. The Bertz CT molecular complexity index is 395. The van der Waals surface area contributed by atoms with Crippen molar-refractivity contribution in [2.24, 2.45) is 5.92 Å². The molecule has 1 rings (SSSR count). The summed E-state index contributed by atoms with van der Waals surface area (Å²) in [5, 5.41) is 8.62. The average Bonchev–Trinajstić information content (AvgIpc) is 2.21. The van der Waals surface area contributed by atoms with Gasteiger partial charge in [-0.15, -0.1) is 0 Å². The maximum absolute atomic E-state index is 11.7. The number of hydrogen-bond acceptors (Lipinski definition) is 2. The van der Waals surface area contributed by atoms with E-state index < -0.39 is 10.8 Å². The van der Waals surface area contributed by atoms with Crippen molar-refractivity contribution in [2.75, 3.05) is 5.75 Å². The van der Waals surface area contributed by atoms with Crippen molar-refractivity contribution in [2.45, 2.75) is 19.6 Å². The van der Waals surface area contributed by atoms with Crippen LogP contribution in [0.15, 0.2) is 24.3 Å². The number of aryl methyl sites for hydroxylation is 1. The maximum atomic E-state index is 11.7. The minimum atomic E-state index is -0.934. The Kier molecular flexibility index (Phi) is 4.51. The summed E-state index contributed by atoms with van der Waals surface area (Å²) in [4.78, 5) is 0. The van der Waals surface area contributed by atoms with Gasteiger partial charge >= 0.3 is 0 Å². The molecule has 3 heteroatoms. The lowest BCUT2D eigenvalue weighted by atomic mass is 10.1. The van der Waals surface area contributed by atoms with Gasteiger partial charge in [-0.1, -0.05) is 24.3 Å². The summed E-state index contributed by atoms with van der Waals surface area (Å²) in [5.74, 6) is 0.888. The first-order chi connectivity index (χ1) is 7.13. The molecule has 80 valence electrons. The van der Waals surface area contributed by atoms with Crippen LogP contribution >= 0.6 is 0 Å². The maximum Gasteiger partial charge on any atom is 0.0662 e. The summed E-state index contributed by atoms with van der Waals surface area (Å²) in [6, 6.07) is 10.0. The molecule has 0 aromatic heterocycles. The molecule has 0 bridgehead atoms. The van der Waals surface area contributed by atoms with Gasteiger partial charge in [-0.05, 0) is 25.0 Å². The van der Waals surface area contributed by atoms with Crippen LogP contribution < -0.4 is 0 Å². The van der Waals surface area contributed by atoms with Gasteiger partial charge < -0.3 is 0 Å². The molecule has 0 spiro atoms. The fourth-order valence-electron chi connectivity index (χ4n) is 1.32. The van der Waals surface area contributed by atoms with Gasteiger partial charge in [0.2, 0.25) is 0 Å². The molecule has 1 aromatic rings. The summed E-state index contributed by atoms with van der Waals surface area (Å²) < 4.78 is 11.7. The average molecular weight is 221 g/mol. The Balaban J connectivity index is 2.60. The van der Waals surface area contributed by atoms with E-state index in [-0.39, 0.29) is 5.92 Å². The molecule has 0 radical (unpaired) electrons. The van der Waals surface area contributed by atoms with Crippen LogP contribution in [0.4, 0.5) is 0 Å². The first-order valence-corrected chi connectivity index (χ1v) is 6.41. The lowest BCUT2D eigenvalue weighted by molar-refractivity contribution is 0.675. The molecular weight excluding hydrogens is 206 g/mol. The van der Waals surface area contributed by atoms with Crippen LogP contribution in [-0.4, -0.2) is 9.96 Å². The molecular formula is C12H15NOS. The van der Waals surface area contributed by atoms with E-state index in [0.717, 1.165) is 11.1 Å². The van der Waals surface area contributed by atoms with E-state index in [9.17, 15) is 4.21 Å². The van der Waals surface area contributed by atoms with Crippen molar-refractivity contribution in [3.8, 4) is 6.07 Å². The van der Waals surface area contributed by atoms with Gasteiger partial charge in [-0.25, -0.2) is 0 Å². The second-order valence-corrected chi connectivity index (χ2v) is 5.21. The Hall–Kier alpha value is -1.14. The minimum absolute atomic E-state index is 0.130. The normalized spacial score (nSPS) is 14.2. The van der Waals surface area contributed by atoms with E-state index in [1.165, 1.54) is 0 Å². The highest BCUT2D eigenvalue weighted by Crippen LogP contribution is 2.11. The standard InChI is InChI=1S/C12H15NOS/c1-10(7-13)8-15(14)9-12-6-4-3-5-11(12)2/h3-6,10H,8-9H2,1-2H3. The molecule has 0 aliphatic heterocycles. The van der Waals surface area contributed by atoms with Gasteiger partial charge in [-0.3, -0.25) is 4.21 Å². The SMILES string of the molecule is Cc1ccccc1CS(=O)CC(C)C#N. The van der Waals surface area contributed by atoms with E-state index in [2.05, 4.69) is 6.07 Å². The van der Waals surface area contributed by atoms with Crippen LogP contribution in [0.5, 0.6) is 0 Å². The molecule has 0 fully saturated rings. The molecule has 2 nitrogen and oxygen atoms in total. The number of benzene rings is 1. The van der Waals surface area contributed by atoms with Crippen molar-refractivity contribution in [3.05, 3.63) is 35.4 Å². The molecule has 0 aliphatic carbocycles. The van der Waals surface area contributed by atoms with E-state index in [4.69, 9.17) is 5.26 Å². The van der Waals surface area contributed by atoms with Crippen LogP contribution in [0, 0.1) is 24.2 Å². The van der Waals surface area contributed by atoms with E-state index in [1.54, 1.807) is 6.92 Å². The van der Waals surface area contributed by atoms with Crippen molar-refractivity contribution < 1.29 is 4.21 Å². The van der Waals surface area contributed by atoms with E-state index in [0.29, 0.717) is 11.5 Å². The number of hydrogen-bond donors (Lipinski definition) is 0. The van der Waals surface area contributed by atoms with Crippen LogP contribution in [-0.2, 0) is 16.6 Å². The third-order valence-electron chi connectivity index (χ3n) is 2.23. The monoisotopic (exact) mass is 221 g/mol. The molecule has 1 aromatic carbocycles. The highest BCUT2D eigenvalue weighted by molar-refractivity contribution is 7.84. The first-order valence-electron chi connectivity index (χ1n) is 4.92. The lowest BCUT2D eigenvalue weighted by Crippen LogP contribution is -2.08. The smallest absolute Gasteiger partial charge is 0.0662 e. The highest BCUT2D eigenvalue weighted by atomic mass is 32.2. The van der Waals surface area contributed by atoms with Gasteiger partial charge in [0.25, 0.3) is 0 Å². The zero-order chi connectivity index (χ0) is 11.3. The third kappa shape index (κ3) is 3.85. The molecule has 15 heavy (non-hydrogen) atoms. The first kappa shape index (κ1) is 11.9. The summed E-state index contributed by atoms with van der Waals surface area (Å²) in [5.41, 5.74) is 2.27. The quantitative estimate of drug-likeness (QED) is 0.783. The summed E-state index contributed by atoms with van der Waals surface area (Å²) in [7, 11) is -0.934. The molecule has 2 unspecified atom stereocenters. The van der Waals surface area contributed by atoms with Crippen LogP contribution in [0.2, 0.25) is 0 Å². The molecule has 0 saturated heterocycles. The predicted octanol–water partition coefficient (Wildman–Crippen LogP) is 2.40. The summed E-state index contributed by atoms with van der Waals surface area (Å²) in [6.45, 7) is 3.82. The van der Waals surface area contributed by atoms with Crippen LogP contribution in [0.1, 0.15) is 18.1 Å². The van der Waals surface area contributed by atoms with Crippen LogP contribution in [0.25, 0.3) is 0 Å². The second-order valence-electron chi connectivity index (χ2n) is 3.71. The lowest BCUT2D eigenvalue weighted by Gasteiger charge is -2.06. The van der Waals surface area contributed by atoms with Crippen LogP contribution in [0.3, 0.4) is 0 Å². The fraction of sp³-hybridized carbons (Fsp3) is 0.417. The van der Waals surface area contributed by atoms with Crippen molar-refractivity contribution in [1.82, 2.24) is 0 Å². The molecule has 0 heterocycles. The van der Waals surface area contributed by atoms with Gasteiger partial charge in [0.1, 0.15) is 0 Å². The fourth-order valence-corrected chi connectivity index (χ4v) is 2.74. The molecule has 2 atom stereocenters. The topological polar surface area (TPSA) is 40.9 Å². The van der Waals surface area contributed by atoms with Gasteiger partial charge in [0.15, 0.2) is 0 Å². The van der Waals surface area contributed by atoms with E-state index >= 15 is 0 Å². The van der Waals surface area contributed by atoms with E-state index in [1.807, 2.05) is 31.2 Å². The molecule has 0 amide bonds. The van der Waals surface area contributed by atoms with Crippen molar-refractivity contribution >= 4 is 10.8 Å². The Morgan fingerprint density at radius 2 is 2.13 bits per heavy atom. The van der Waals surface area contributed by atoms with Gasteiger partial charge in [-0.2, -0.15) is 5.26 Å². The summed E-state index contributed by atoms with van der Waals surface area (Å²) >= 11 is 0. The van der Waals surface area contributed by atoms with Crippen molar-refractivity contribution in [3.63, 3.8) is 0 Å². The Morgan fingerprint density at radius 1 is 1.47 bits per heavy atom. The minimum Gasteiger partial charge on any atom is -0.259 e. The molecule has 0 aliphatic rings. The Morgan fingerprint density at radius 3 is 2.73 bits per heavy atom. The third-order valence-corrected chi connectivity index (χ3v) is 3.74. The zero-order valence-electron chi connectivity index (χ0n) is 9.06. The van der Waals surface area contributed by atoms with Gasteiger partial charge in [0, 0.05) is 22.3 Å². The predicted molar refractivity (Wildman–Crippen MR) is 62.7 cm³/mol. The second kappa shape index (κ2) is 5.67. The zero-order valence-corrected chi connectivity index (χ0v) is 9.88. The largest absolute Gasteiger partial charge is 0.259 e. The summed E-state index contributed by atoms with van der Waals surface area (Å²) in [6.07, 6.45) is 0. The number of rotatable bonds is 4. The van der Waals surface area contributed by atoms with Crippen molar-refractivity contribution in [1.29, 1.82) is 5.26 Å². The number of nitriles is 1. The highest BCUT2D eigenvalue weighted by Gasteiger charge is 2.08. The molecule has 0 N–H and O–H groups in total. The Labute approximate surface area is 93.4 Å².